The van der Waals surface area contributed by atoms with E-state index in [2.05, 4.69) is 15.0 Å². The van der Waals surface area contributed by atoms with Gasteiger partial charge in [-0.2, -0.15) is 0 Å². The zero-order chi connectivity index (χ0) is 39.9. The first-order valence-corrected chi connectivity index (χ1v) is 20.7. The van der Waals surface area contributed by atoms with E-state index in [0.29, 0.717) is 11.2 Å². The van der Waals surface area contributed by atoms with Gasteiger partial charge in [0.05, 0.1) is 26.1 Å². The number of fused-ring (bicyclic) bond motifs is 4. The number of nitrogens with zero attached hydrogens (tertiary/aromatic N) is 4. The number of hydrogen-bond donors (Lipinski definition) is 4. The van der Waals surface area contributed by atoms with Crippen molar-refractivity contribution in [2.24, 2.45) is 0 Å². The first-order valence-electron chi connectivity index (χ1n) is 17.2. The number of aliphatic hydroxyl groups excluding tert-OH is 1. The predicted molar refractivity (Wildman–Crippen MR) is 185 cm³/mol. The van der Waals surface area contributed by atoms with Crippen LogP contribution in [0.5, 0.6) is 0 Å². The minimum Gasteiger partial charge on any atom is -0.455 e. The van der Waals surface area contributed by atoms with Crippen molar-refractivity contribution >= 4 is 44.1 Å². The number of nitrogens with two attached hydrogens (primary N) is 1. The molecule has 6 aliphatic rings. The quantitative estimate of drug-likeness (QED) is 0.189. The molecule has 23 nitrogen and oxygen atoms in total. The van der Waals surface area contributed by atoms with Gasteiger partial charge in [-0.25, -0.2) is 24.5 Å². The monoisotopic (exact) mass is 839 g/mol. The maximum atomic E-state index is 12.9. The van der Waals surface area contributed by atoms with Gasteiger partial charge in [-0.1, -0.05) is 7.43 Å². The molecule has 6 saturated heterocycles. The number of hydrogen-bond acceptors (Lipinski definition) is 20. The molecule has 56 heavy (non-hydrogen) atoms. The zero-order valence-corrected chi connectivity index (χ0v) is 32.3. The molecule has 0 radical (unpaired) electrons. The average molecular weight is 840 g/mol. The number of carbonyl (C=O) groups is 2. The van der Waals surface area contributed by atoms with Gasteiger partial charge in [0, 0.05) is 0 Å². The summed E-state index contributed by atoms with van der Waals surface area (Å²) in [6, 6.07) is 0. The maximum Gasteiger partial charge on any atom is 0.340 e. The SMILES string of the molecule is C.CC1(C)OC2C(=O)O[C@H](CO)[C@@H]2O1.CC1(C)OC2C(=O)O[C@H](COP(=O)(O)CP(=O)(O)OC[C@H]3O[C@@H](n4cnc5c(N)ncnc54)C4OC(C)(C)O[C@H]43)[C@@H]2O1. The molecule has 0 aliphatic carbocycles. The molecule has 0 aromatic carbocycles. The smallest absolute Gasteiger partial charge is 0.340 e. The fourth-order valence-electron chi connectivity index (χ4n) is 7.08. The molecule has 314 valence electrons. The molecule has 0 bridgehead atoms. The number of aliphatic hydroxyl groups is 1. The first-order chi connectivity index (χ1) is 25.6. The van der Waals surface area contributed by atoms with Crippen LogP contribution in [0.2, 0.25) is 0 Å². The van der Waals surface area contributed by atoms with Gasteiger partial charge in [-0.15, -0.1) is 0 Å². The van der Waals surface area contributed by atoms with Crippen molar-refractivity contribution < 1.29 is 85.3 Å². The first kappa shape index (κ1) is 42.9. The lowest BCUT2D eigenvalue weighted by Crippen LogP contribution is -2.33. The zero-order valence-electron chi connectivity index (χ0n) is 30.5. The minimum atomic E-state index is -4.71. The van der Waals surface area contributed by atoms with E-state index in [0.717, 1.165) is 0 Å². The third kappa shape index (κ3) is 8.67. The van der Waals surface area contributed by atoms with Crippen LogP contribution in [0.25, 0.3) is 11.2 Å². The number of imidazole rings is 1. The predicted octanol–water partition coefficient (Wildman–Crippen LogP) is 0.693. The highest BCUT2D eigenvalue weighted by Crippen LogP contribution is 2.59. The number of anilines is 1. The second kappa shape index (κ2) is 15.1. The Morgan fingerprint density at radius 2 is 1.25 bits per heavy atom. The summed E-state index contributed by atoms with van der Waals surface area (Å²) in [7, 11) is -9.41. The van der Waals surface area contributed by atoms with Gasteiger partial charge < -0.3 is 72.3 Å². The average Bonchev–Trinajstić information content (AvgIpc) is 3.92. The molecule has 12 atom stereocenters. The van der Waals surface area contributed by atoms with Gasteiger partial charge in [0.1, 0.15) is 42.4 Å². The van der Waals surface area contributed by atoms with Crippen molar-refractivity contribution in [3.8, 4) is 0 Å². The Balaban J connectivity index is 0.000000321. The molecule has 6 aliphatic heterocycles. The van der Waals surface area contributed by atoms with Crippen molar-refractivity contribution in [2.75, 3.05) is 31.5 Å². The summed E-state index contributed by atoms with van der Waals surface area (Å²) in [6.45, 7) is 8.80. The lowest BCUT2D eigenvalue weighted by atomic mass is 10.1. The van der Waals surface area contributed by atoms with Crippen molar-refractivity contribution in [3.05, 3.63) is 12.7 Å². The van der Waals surface area contributed by atoms with Crippen LogP contribution in [0.15, 0.2) is 12.7 Å². The molecule has 8 rings (SSSR count). The number of rotatable bonds is 10. The molecule has 2 aromatic heterocycles. The van der Waals surface area contributed by atoms with Crippen LogP contribution >= 0.6 is 15.2 Å². The third-order valence-electron chi connectivity index (χ3n) is 9.20. The fourth-order valence-corrected chi connectivity index (χ4v) is 10.3. The van der Waals surface area contributed by atoms with E-state index in [-0.39, 0.29) is 19.9 Å². The van der Waals surface area contributed by atoms with Gasteiger partial charge >= 0.3 is 27.1 Å². The molecule has 8 heterocycles. The second-order valence-electron chi connectivity index (χ2n) is 14.9. The highest BCUT2D eigenvalue weighted by atomic mass is 31.2. The van der Waals surface area contributed by atoms with E-state index < -0.39 is 125 Å². The number of ether oxygens (including phenoxy) is 9. The Morgan fingerprint density at radius 3 is 1.84 bits per heavy atom. The lowest BCUT2D eigenvalue weighted by molar-refractivity contribution is -0.199. The van der Waals surface area contributed by atoms with Crippen LogP contribution in [0.4, 0.5) is 5.82 Å². The van der Waals surface area contributed by atoms with Crippen LogP contribution in [0.3, 0.4) is 0 Å². The topological polar surface area (TPSA) is 300 Å². The highest BCUT2D eigenvalue weighted by Gasteiger charge is 2.59. The van der Waals surface area contributed by atoms with E-state index in [9.17, 15) is 28.5 Å². The van der Waals surface area contributed by atoms with Crippen molar-refractivity contribution in [1.82, 2.24) is 19.5 Å². The Hall–Kier alpha value is -2.73. The highest BCUT2D eigenvalue weighted by molar-refractivity contribution is 7.70. The number of esters is 2. The largest absolute Gasteiger partial charge is 0.455 e. The van der Waals surface area contributed by atoms with Crippen molar-refractivity contribution in [3.63, 3.8) is 0 Å². The summed E-state index contributed by atoms with van der Waals surface area (Å²) in [5.74, 6) is -5.03. The van der Waals surface area contributed by atoms with Gasteiger partial charge in [-0.05, 0) is 41.5 Å². The second-order valence-corrected chi connectivity index (χ2v) is 19.1. The lowest BCUT2D eigenvalue weighted by Gasteiger charge is -2.25. The van der Waals surface area contributed by atoms with Gasteiger partial charge in [0.2, 0.25) is 0 Å². The van der Waals surface area contributed by atoms with E-state index in [1.807, 2.05) is 0 Å². The van der Waals surface area contributed by atoms with E-state index >= 15 is 0 Å². The molecular weight excluding hydrogens is 792 g/mol. The number of aromatic nitrogens is 4. The Bertz CT molecular complexity index is 1910. The van der Waals surface area contributed by atoms with E-state index in [4.69, 9.17) is 62.5 Å². The number of nitrogen functional groups attached to an aromatic ring is 1. The standard InChI is InChI=1S/C22H31N5O13P2.C8H12O5.CH4/c1-21(2)37-13-10(35-19(15(13)39-21)27-8-26-12-17(23)24-7-25-18(12)27)5-33-41(29,30)9-42(31,32)34-6-11-14-16(20(28)36-11)40-22(3,4)38-14;1-8(2)12-5-4(3-9)11-7(10)6(5)13-8;/h7-8,10-11,13-16,19H,5-6,9H2,1-4H3,(H,29,30)(H,31,32)(H2,23,24,25);4-6,9H,3H2,1-2H3;1H4/t10-,11-,13+,14+,15?,16?,19-;4-,5+,6?;/m11./s1. The van der Waals surface area contributed by atoms with Crippen LogP contribution in [-0.2, 0) is 70.4 Å². The summed E-state index contributed by atoms with van der Waals surface area (Å²) in [5, 5.41) is 8.89. The summed E-state index contributed by atoms with van der Waals surface area (Å²) in [6.07, 6.45) is -5.06. The summed E-state index contributed by atoms with van der Waals surface area (Å²) in [5.41, 5.74) is 6.63. The van der Waals surface area contributed by atoms with Crippen LogP contribution in [0, 0.1) is 0 Å². The molecule has 5 N–H and O–H groups in total. The summed E-state index contributed by atoms with van der Waals surface area (Å²) in [4.78, 5) is 56.4. The Labute approximate surface area is 320 Å². The molecule has 25 heteroatoms. The van der Waals surface area contributed by atoms with Gasteiger partial charge in [0.25, 0.3) is 0 Å². The van der Waals surface area contributed by atoms with Gasteiger partial charge in [-0.3, -0.25) is 13.7 Å². The van der Waals surface area contributed by atoms with Crippen LogP contribution in [0.1, 0.15) is 55.2 Å². The normalized spacial score (nSPS) is 36.7. The van der Waals surface area contributed by atoms with Crippen LogP contribution in [-0.4, -0.2) is 144 Å². The van der Waals surface area contributed by atoms with E-state index in [1.54, 1.807) is 46.1 Å². The van der Waals surface area contributed by atoms with Crippen LogP contribution < -0.4 is 5.73 Å². The molecule has 6 fully saturated rings. The Kier molecular flexibility index (Phi) is 11.6. The third-order valence-corrected chi connectivity index (χ3v) is 13.2. The molecule has 5 unspecified atom stereocenters. The van der Waals surface area contributed by atoms with Gasteiger partial charge in [0.15, 0.2) is 65.4 Å². The number of cyclic esters (lactones) is 2. The molecule has 2 aromatic rings. The molecule has 0 amide bonds. The maximum absolute atomic E-state index is 12.9. The van der Waals surface area contributed by atoms with Crippen molar-refractivity contribution in [1.29, 1.82) is 0 Å². The van der Waals surface area contributed by atoms with E-state index in [1.165, 1.54) is 12.7 Å². The molecule has 0 saturated carbocycles. The Morgan fingerprint density at radius 1 is 0.750 bits per heavy atom. The summed E-state index contributed by atoms with van der Waals surface area (Å²) >= 11 is 0. The van der Waals surface area contributed by atoms with Crippen molar-refractivity contribution in [2.45, 2.75) is 127 Å². The molecule has 0 spiro atoms. The minimum absolute atomic E-state index is 0. The number of carbonyl (C=O) groups excluding carboxylic acids is 2. The molecular formula is C31H47N5O18P2. The summed E-state index contributed by atoms with van der Waals surface area (Å²) < 4.78 is 87.3. The fraction of sp³-hybridized carbons (Fsp3) is 0.774.